The fourth-order valence-electron chi connectivity index (χ4n) is 3.45. The van der Waals surface area contributed by atoms with Crippen molar-refractivity contribution in [1.82, 2.24) is 0 Å². The normalized spacial score (nSPS) is 9.96. The van der Waals surface area contributed by atoms with Crippen LogP contribution in [-0.2, 0) is 12.8 Å². The standard InChI is InChI=1S/2C9H12.2C6H6.3C6H10/c2*1-3-9-7-5-4-6-8(9)2;2*1-2-4-6-5-3-1;3*1-3-5-6-4-2/h2*4-7H,3H2,1-2H3;2*1-6H;3*3-6H,1-2H3/b;;;;3*5-3-,6-4-. The van der Waals surface area contributed by atoms with E-state index < -0.39 is 0 Å². The minimum atomic E-state index is 1.15. The van der Waals surface area contributed by atoms with Gasteiger partial charge in [0.05, 0.1) is 0 Å². The summed E-state index contributed by atoms with van der Waals surface area (Å²) in [5.41, 5.74) is 5.72. The molecule has 0 radical (unpaired) electrons. The maximum atomic E-state index is 2.18. The van der Waals surface area contributed by atoms with Gasteiger partial charge >= 0.3 is 0 Å². The van der Waals surface area contributed by atoms with Gasteiger partial charge in [0.15, 0.2) is 0 Å². The summed E-state index contributed by atoms with van der Waals surface area (Å²) in [6, 6.07) is 41.0. The monoisotopic (exact) mass is 643 g/mol. The second kappa shape index (κ2) is 42.3. The fraction of sp³-hybridized carbons (Fsp3) is 0.250. The highest BCUT2D eigenvalue weighted by atomic mass is 14.0. The van der Waals surface area contributed by atoms with Gasteiger partial charge in [-0.2, -0.15) is 0 Å². The molecule has 4 rings (SSSR count). The van der Waals surface area contributed by atoms with E-state index in [1.165, 1.54) is 22.3 Å². The van der Waals surface area contributed by atoms with Crippen molar-refractivity contribution < 1.29 is 0 Å². The molecule has 0 aliphatic carbocycles. The molecule has 0 amide bonds. The Morgan fingerprint density at radius 1 is 0.312 bits per heavy atom. The van der Waals surface area contributed by atoms with Gasteiger partial charge in [-0.3, -0.25) is 0 Å². The van der Waals surface area contributed by atoms with Crippen LogP contribution in [0.2, 0.25) is 0 Å². The van der Waals surface area contributed by atoms with Crippen molar-refractivity contribution in [2.45, 2.75) is 82.1 Å². The van der Waals surface area contributed by atoms with E-state index in [-0.39, 0.29) is 0 Å². The smallest absolute Gasteiger partial charge is 0.0305 e. The Morgan fingerprint density at radius 3 is 0.625 bits per heavy atom. The van der Waals surface area contributed by atoms with Crippen LogP contribution in [-0.4, -0.2) is 0 Å². The number of allylic oxidation sites excluding steroid dienone is 12. The van der Waals surface area contributed by atoms with Crippen molar-refractivity contribution in [1.29, 1.82) is 0 Å². The van der Waals surface area contributed by atoms with E-state index in [1.807, 2.05) is 187 Å². The molecule has 0 aromatic heterocycles. The van der Waals surface area contributed by atoms with Crippen LogP contribution in [0.15, 0.2) is 194 Å². The van der Waals surface area contributed by atoms with Crippen LogP contribution in [0.25, 0.3) is 0 Å². The van der Waals surface area contributed by atoms with E-state index >= 15 is 0 Å². The van der Waals surface area contributed by atoms with Gasteiger partial charge in [0, 0.05) is 0 Å². The van der Waals surface area contributed by atoms with Crippen molar-refractivity contribution in [3.8, 4) is 0 Å². The highest BCUT2D eigenvalue weighted by Crippen LogP contribution is 2.06. The SMILES string of the molecule is C/C=C\C=C/C.C/C=C\C=C/C.C/C=C\C=C/C.CCc1ccccc1C.CCc1ccccc1C.c1ccccc1.c1ccccc1. The van der Waals surface area contributed by atoms with Gasteiger partial charge in [-0.05, 0) is 90.5 Å². The van der Waals surface area contributed by atoms with E-state index in [0.717, 1.165) is 12.8 Å². The Balaban J connectivity index is -0.000000497. The number of aryl methyl sites for hydroxylation is 4. The molecule has 0 atom stereocenters. The van der Waals surface area contributed by atoms with Crippen molar-refractivity contribution in [3.05, 3.63) is 216 Å². The first kappa shape index (κ1) is 47.7. The summed E-state index contributed by atoms with van der Waals surface area (Å²) >= 11 is 0. The number of benzene rings is 4. The molecule has 0 aliphatic heterocycles. The summed E-state index contributed by atoms with van der Waals surface area (Å²) in [6.45, 7) is 20.7. The molecule has 4 aromatic carbocycles. The Hall–Kier alpha value is -4.68. The van der Waals surface area contributed by atoms with E-state index in [1.54, 1.807) is 0 Å². The predicted molar refractivity (Wildman–Crippen MR) is 223 cm³/mol. The van der Waals surface area contributed by atoms with Gasteiger partial charge in [-0.15, -0.1) is 0 Å². The number of hydrogen-bond donors (Lipinski definition) is 0. The zero-order chi connectivity index (χ0) is 36.4. The molecular weight excluding hydrogens is 577 g/mol. The average molecular weight is 643 g/mol. The van der Waals surface area contributed by atoms with Crippen LogP contribution in [0, 0.1) is 13.8 Å². The molecule has 0 aliphatic rings. The third-order valence-electron chi connectivity index (χ3n) is 6.11. The molecule has 0 fully saturated rings. The number of rotatable bonds is 5. The first-order valence-electron chi connectivity index (χ1n) is 17.2. The molecule has 0 bridgehead atoms. The van der Waals surface area contributed by atoms with E-state index in [2.05, 4.69) is 76.2 Å². The molecule has 0 nitrogen and oxygen atoms in total. The number of hydrogen-bond acceptors (Lipinski definition) is 0. The Kier molecular flexibility index (Phi) is 42.1. The molecule has 0 spiro atoms. The Labute approximate surface area is 297 Å². The average Bonchev–Trinajstić information content (AvgIpc) is 3.15. The third-order valence-corrected chi connectivity index (χ3v) is 6.11. The largest absolute Gasteiger partial charge is 0.0877 e. The van der Waals surface area contributed by atoms with Crippen LogP contribution in [0.1, 0.15) is 77.6 Å². The maximum Gasteiger partial charge on any atom is -0.0305 e. The molecule has 4 aromatic rings. The van der Waals surface area contributed by atoms with E-state index in [0.29, 0.717) is 0 Å². The van der Waals surface area contributed by atoms with Crippen molar-refractivity contribution in [3.63, 3.8) is 0 Å². The lowest BCUT2D eigenvalue weighted by atomic mass is 10.1. The van der Waals surface area contributed by atoms with Crippen LogP contribution < -0.4 is 0 Å². The van der Waals surface area contributed by atoms with Crippen LogP contribution in [0.5, 0.6) is 0 Å². The summed E-state index contributed by atoms with van der Waals surface area (Å²) in [4.78, 5) is 0. The zero-order valence-corrected chi connectivity index (χ0v) is 31.9. The molecule has 0 unspecified atom stereocenters. The second-order valence-electron chi connectivity index (χ2n) is 10.0. The van der Waals surface area contributed by atoms with Gasteiger partial charge in [-0.1, -0.05) is 208 Å². The van der Waals surface area contributed by atoms with Crippen LogP contribution in [0.4, 0.5) is 0 Å². The van der Waals surface area contributed by atoms with Gasteiger partial charge < -0.3 is 0 Å². The van der Waals surface area contributed by atoms with Gasteiger partial charge in [0.1, 0.15) is 0 Å². The maximum absolute atomic E-state index is 2.18. The first-order valence-corrected chi connectivity index (χ1v) is 17.2. The summed E-state index contributed by atoms with van der Waals surface area (Å²) in [6.07, 6.45) is 26.3. The molecule has 258 valence electrons. The van der Waals surface area contributed by atoms with Gasteiger partial charge in [0.2, 0.25) is 0 Å². The lowest BCUT2D eigenvalue weighted by Crippen LogP contribution is -1.82. The molecule has 0 saturated heterocycles. The first-order chi connectivity index (χ1) is 23.4. The quantitative estimate of drug-likeness (QED) is 0.190. The Morgan fingerprint density at radius 2 is 0.500 bits per heavy atom. The van der Waals surface area contributed by atoms with E-state index in [4.69, 9.17) is 0 Å². The fourth-order valence-corrected chi connectivity index (χ4v) is 3.45. The third kappa shape index (κ3) is 37.5. The molecule has 48 heavy (non-hydrogen) atoms. The zero-order valence-electron chi connectivity index (χ0n) is 31.9. The molecule has 0 N–H and O–H groups in total. The minimum Gasteiger partial charge on any atom is -0.0877 e. The lowest BCUT2D eigenvalue weighted by Gasteiger charge is -1.98. The summed E-state index contributed by atoms with van der Waals surface area (Å²) in [5, 5.41) is 0. The minimum absolute atomic E-state index is 1.15. The molecule has 0 heterocycles. The van der Waals surface area contributed by atoms with Crippen molar-refractivity contribution in [2.24, 2.45) is 0 Å². The van der Waals surface area contributed by atoms with Gasteiger partial charge in [-0.25, -0.2) is 0 Å². The summed E-state index contributed by atoms with van der Waals surface area (Å²) in [7, 11) is 0. The predicted octanol–water partition coefficient (Wildman–Crippen LogP) is 14.9. The highest BCUT2D eigenvalue weighted by Gasteiger charge is 1.90. The molecule has 0 saturated carbocycles. The topological polar surface area (TPSA) is 0 Å². The Bertz CT molecular complexity index is 1130. The molecule has 0 heteroatoms. The van der Waals surface area contributed by atoms with E-state index in [9.17, 15) is 0 Å². The summed E-state index contributed by atoms with van der Waals surface area (Å²) < 4.78 is 0. The van der Waals surface area contributed by atoms with Crippen molar-refractivity contribution >= 4 is 0 Å². The van der Waals surface area contributed by atoms with Crippen molar-refractivity contribution in [2.75, 3.05) is 0 Å². The van der Waals surface area contributed by atoms with Crippen LogP contribution >= 0.6 is 0 Å². The summed E-state index contributed by atoms with van der Waals surface area (Å²) in [5.74, 6) is 0. The lowest BCUT2D eigenvalue weighted by molar-refractivity contribution is 1.11. The highest BCUT2D eigenvalue weighted by molar-refractivity contribution is 5.25. The molecular formula is C48H66. The van der Waals surface area contributed by atoms with Crippen LogP contribution in [0.3, 0.4) is 0 Å². The van der Waals surface area contributed by atoms with Gasteiger partial charge in [0.25, 0.3) is 0 Å². The second-order valence-corrected chi connectivity index (χ2v) is 10.0.